The van der Waals surface area contributed by atoms with Crippen LogP contribution in [0.15, 0.2) is 80.1 Å². The number of hydrogen-bond donors (Lipinski definition) is 3. The number of nitrogens with one attached hydrogen (secondary N) is 3. The van der Waals surface area contributed by atoms with Gasteiger partial charge in [-0.05, 0) is 97.7 Å². The molecule has 11 heteroatoms. The fourth-order valence-electron chi connectivity index (χ4n) is 5.30. The van der Waals surface area contributed by atoms with Crippen LogP contribution < -0.4 is 32.0 Å². The van der Waals surface area contributed by atoms with Crippen LogP contribution in [0.4, 0.5) is 0 Å². The molecule has 3 heterocycles. The maximum Gasteiger partial charge on any atom is 0.331 e. The summed E-state index contributed by atoms with van der Waals surface area (Å²) in [6, 6.07) is 15.2. The van der Waals surface area contributed by atoms with Crippen molar-refractivity contribution >= 4 is 0 Å². The summed E-state index contributed by atoms with van der Waals surface area (Å²) in [4.78, 5) is 59.6. The molecule has 0 spiro atoms. The maximum absolute atomic E-state index is 12.6. The topological polar surface area (TPSA) is 152 Å². The minimum absolute atomic E-state index is 0.0588. The van der Waals surface area contributed by atoms with Crippen LogP contribution in [0.5, 0.6) is 23.3 Å². The van der Waals surface area contributed by atoms with Crippen LogP contribution in [0.3, 0.4) is 0 Å². The first-order valence-corrected chi connectivity index (χ1v) is 15.4. The van der Waals surface area contributed by atoms with Crippen molar-refractivity contribution in [2.24, 2.45) is 0 Å². The molecule has 3 aromatic heterocycles. The van der Waals surface area contributed by atoms with E-state index in [2.05, 4.69) is 19.9 Å². The standard InChI is InChI=1S/C21H23N3O3.C15H18N2O3/c1-13(2)18-19(25)23-21(26)24(12-16-6-5-7-22-11-16)20(18)27-17-9-14(3)8-15(4)10-17;1-8(2)12-13(18)16-15(19)17-14(12)20-11-6-9(3)5-10(4)7-11/h5-11,13H,12H2,1-4H3,(H,23,25,26);5-8H,1-4H3,(H2,16,17,18,19). The minimum atomic E-state index is -0.571. The van der Waals surface area contributed by atoms with Gasteiger partial charge in [-0.25, -0.2) is 9.59 Å². The Bertz CT molecular complexity index is 2070. The highest BCUT2D eigenvalue weighted by Gasteiger charge is 2.21. The quantitative estimate of drug-likeness (QED) is 0.185. The summed E-state index contributed by atoms with van der Waals surface area (Å²) >= 11 is 0. The second-order valence-electron chi connectivity index (χ2n) is 12.2. The molecule has 246 valence electrons. The number of aryl methyl sites for hydroxylation is 4. The molecule has 0 aliphatic rings. The largest absolute Gasteiger partial charge is 0.440 e. The van der Waals surface area contributed by atoms with E-state index in [-0.39, 0.29) is 30.1 Å². The molecule has 11 nitrogen and oxygen atoms in total. The molecular formula is C36H41N5O6. The van der Waals surface area contributed by atoms with Crippen LogP contribution in [-0.2, 0) is 6.54 Å². The summed E-state index contributed by atoms with van der Waals surface area (Å²) in [6.07, 6.45) is 3.36. The first kappa shape index (κ1) is 34.4. The normalized spacial score (nSPS) is 10.9. The SMILES string of the molecule is Cc1cc(C)cc(Oc2[nH]c(=O)[nH]c(=O)c2C(C)C)c1.Cc1cc(C)cc(Oc2c(C(C)C)c(=O)[nH]c(=O)n2Cc2cccnc2)c1. The third kappa shape index (κ3) is 8.84. The molecule has 5 aromatic rings. The van der Waals surface area contributed by atoms with Gasteiger partial charge in [0.1, 0.15) is 11.5 Å². The van der Waals surface area contributed by atoms with E-state index in [1.165, 1.54) is 4.57 Å². The molecule has 0 aliphatic carbocycles. The Morgan fingerprint density at radius 1 is 0.702 bits per heavy atom. The van der Waals surface area contributed by atoms with Crippen molar-refractivity contribution in [3.63, 3.8) is 0 Å². The minimum Gasteiger partial charge on any atom is -0.440 e. The van der Waals surface area contributed by atoms with E-state index in [9.17, 15) is 19.2 Å². The summed E-state index contributed by atoms with van der Waals surface area (Å²) in [5.74, 6) is 1.50. The lowest BCUT2D eigenvalue weighted by Gasteiger charge is -2.18. The molecule has 0 atom stereocenters. The first-order valence-electron chi connectivity index (χ1n) is 15.4. The Kier molecular flexibility index (Phi) is 10.8. The Balaban J connectivity index is 0.000000223. The molecule has 2 aromatic carbocycles. The number of H-pyrrole nitrogens is 3. The molecule has 0 amide bonds. The van der Waals surface area contributed by atoms with Crippen LogP contribution in [0, 0.1) is 27.7 Å². The maximum atomic E-state index is 12.6. The second-order valence-corrected chi connectivity index (χ2v) is 12.2. The molecule has 0 radical (unpaired) electrons. The third-order valence-corrected chi connectivity index (χ3v) is 7.17. The third-order valence-electron chi connectivity index (χ3n) is 7.17. The van der Waals surface area contributed by atoms with Crippen molar-refractivity contribution in [3.05, 3.63) is 142 Å². The predicted octanol–water partition coefficient (Wildman–Crippen LogP) is 6.11. The van der Waals surface area contributed by atoms with Crippen LogP contribution in [0.25, 0.3) is 0 Å². The van der Waals surface area contributed by atoms with E-state index < -0.39 is 22.5 Å². The van der Waals surface area contributed by atoms with Gasteiger partial charge < -0.3 is 9.47 Å². The molecule has 0 fully saturated rings. The molecule has 0 saturated carbocycles. The van der Waals surface area contributed by atoms with E-state index in [1.807, 2.05) is 97.9 Å². The van der Waals surface area contributed by atoms with Gasteiger partial charge in [-0.15, -0.1) is 0 Å². The Labute approximate surface area is 272 Å². The van der Waals surface area contributed by atoms with Gasteiger partial charge in [-0.3, -0.25) is 34.1 Å². The highest BCUT2D eigenvalue weighted by molar-refractivity contribution is 5.39. The Morgan fingerprint density at radius 2 is 1.23 bits per heavy atom. The number of ether oxygens (including phenoxy) is 2. The van der Waals surface area contributed by atoms with Crippen LogP contribution >= 0.6 is 0 Å². The molecule has 0 aliphatic heterocycles. The number of rotatable bonds is 8. The lowest BCUT2D eigenvalue weighted by Crippen LogP contribution is -2.34. The molecule has 0 bridgehead atoms. The van der Waals surface area contributed by atoms with Gasteiger partial charge in [-0.1, -0.05) is 45.9 Å². The van der Waals surface area contributed by atoms with E-state index in [0.29, 0.717) is 22.6 Å². The Hall–Kier alpha value is -5.45. The van der Waals surface area contributed by atoms with Crippen LogP contribution in [0.2, 0.25) is 0 Å². The molecule has 47 heavy (non-hydrogen) atoms. The molecule has 0 saturated heterocycles. The van der Waals surface area contributed by atoms with Crippen molar-refractivity contribution in [1.29, 1.82) is 0 Å². The van der Waals surface area contributed by atoms with Gasteiger partial charge in [-0.2, -0.15) is 0 Å². The number of nitrogens with zero attached hydrogens (tertiary/aromatic N) is 2. The zero-order valence-corrected chi connectivity index (χ0v) is 28.0. The lowest BCUT2D eigenvalue weighted by atomic mass is 10.1. The zero-order chi connectivity index (χ0) is 34.4. The summed E-state index contributed by atoms with van der Waals surface area (Å²) in [6.45, 7) is 15.7. The molecule has 5 rings (SSSR count). The number of aromatic nitrogens is 5. The fraction of sp³-hybridized carbons (Fsp3) is 0.306. The van der Waals surface area contributed by atoms with E-state index >= 15 is 0 Å². The summed E-state index contributed by atoms with van der Waals surface area (Å²) < 4.78 is 13.3. The smallest absolute Gasteiger partial charge is 0.331 e. The summed E-state index contributed by atoms with van der Waals surface area (Å²) in [5.41, 5.74) is 4.00. The second kappa shape index (κ2) is 14.8. The van der Waals surface area contributed by atoms with Gasteiger partial charge in [0.25, 0.3) is 11.1 Å². The molecular weight excluding hydrogens is 598 g/mol. The van der Waals surface area contributed by atoms with Crippen molar-refractivity contribution in [2.45, 2.75) is 73.8 Å². The van der Waals surface area contributed by atoms with E-state index in [1.54, 1.807) is 18.5 Å². The summed E-state index contributed by atoms with van der Waals surface area (Å²) in [7, 11) is 0. The zero-order valence-electron chi connectivity index (χ0n) is 28.0. The van der Waals surface area contributed by atoms with E-state index in [0.717, 1.165) is 27.8 Å². The molecule has 3 N–H and O–H groups in total. The number of hydrogen-bond acceptors (Lipinski definition) is 7. The molecule has 0 unspecified atom stereocenters. The fourth-order valence-corrected chi connectivity index (χ4v) is 5.30. The Morgan fingerprint density at radius 3 is 1.74 bits per heavy atom. The van der Waals surface area contributed by atoms with Crippen molar-refractivity contribution < 1.29 is 9.47 Å². The van der Waals surface area contributed by atoms with Gasteiger partial charge in [0.2, 0.25) is 11.8 Å². The van der Waals surface area contributed by atoms with Gasteiger partial charge in [0, 0.05) is 12.4 Å². The predicted molar refractivity (Wildman–Crippen MR) is 183 cm³/mol. The van der Waals surface area contributed by atoms with Gasteiger partial charge >= 0.3 is 11.4 Å². The highest BCUT2D eigenvalue weighted by Crippen LogP contribution is 2.29. The highest BCUT2D eigenvalue weighted by atomic mass is 16.5. The monoisotopic (exact) mass is 639 g/mol. The van der Waals surface area contributed by atoms with E-state index in [4.69, 9.17) is 9.47 Å². The van der Waals surface area contributed by atoms with Crippen molar-refractivity contribution in [1.82, 2.24) is 24.5 Å². The number of benzene rings is 2. The first-order chi connectivity index (χ1) is 22.2. The average Bonchev–Trinajstić information content (AvgIpc) is 2.94. The summed E-state index contributed by atoms with van der Waals surface area (Å²) in [5, 5.41) is 0. The van der Waals surface area contributed by atoms with Crippen molar-refractivity contribution in [2.75, 3.05) is 0 Å². The number of aromatic amines is 3. The van der Waals surface area contributed by atoms with Crippen LogP contribution in [-0.4, -0.2) is 24.5 Å². The lowest BCUT2D eigenvalue weighted by molar-refractivity contribution is 0.410. The van der Waals surface area contributed by atoms with Crippen LogP contribution in [0.1, 0.15) is 78.5 Å². The van der Waals surface area contributed by atoms with Crippen molar-refractivity contribution in [3.8, 4) is 23.3 Å². The van der Waals surface area contributed by atoms with Gasteiger partial charge in [0.05, 0.1) is 17.7 Å². The number of pyridine rings is 1. The average molecular weight is 640 g/mol. The van der Waals surface area contributed by atoms with Gasteiger partial charge in [0.15, 0.2) is 0 Å².